The van der Waals surface area contributed by atoms with Crippen LogP contribution < -0.4 is 0 Å². The first-order valence-electron chi connectivity index (χ1n) is 6.46. The second-order valence-electron chi connectivity index (χ2n) is 5.89. The zero-order valence-corrected chi connectivity index (χ0v) is 12.0. The quantitative estimate of drug-likeness (QED) is 0.737. The Balaban J connectivity index is 2.68. The Kier molecular flexibility index (Phi) is 4.76. The first kappa shape index (κ1) is 14.7. The van der Waals surface area contributed by atoms with Gasteiger partial charge in [0, 0.05) is 18.1 Å². The van der Waals surface area contributed by atoms with Gasteiger partial charge in [-0.15, -0.1) is 0 Å². The van der Waals surface area contributed by atoms with Crippen molar-refractivity contribution >= 4 is 15.6 Å². The maximum Gasteiger partial charge on any atom is 0.147 e. The number of sulfone groups is 1. The van der Waals surface area contributed by atoms with E-state index in [-0.39, 0.29) is 23.4 Å². The molecule has 1 aliphatic rings. The highest BCUT2D eigenvalue weighted by Crippen LogP contribution is 2.44. The molecule has 0 atom stereocenters. The van der Waals surface area contributed by atoms with E-state index in [9.17, 15) is 13.2 Å². The van der Waals surface area contributed by atoms with E-state index >= 15 is 0 Å². The van der Waals surface area contributed by atoms with Gasteiger partial charge in [-0.3, -0.25) is 4.79 Å². The smallest absolute Gasteiger partial charge is 0.147 e. The van der Waals surface area contributed by atoms with Crippen molar-refractivity contribution in [2.45, 2.75) is 52.4 Å². The monoisotopic (exact) mass is 260 g/mol. The van der Waals surface area contributed by atoms with Gasteiger partial charge in [-0.1, -0.05) is 26.7 Å². The molecule has 0 bridgehead atoms. The van der Waals surface area contributed by atoms with Gasteiger partial charge in [0.2, 0.25) is 0 Å². The molecular formula is C13H24O3S. The summed E-state index contributed by atoms with van der Waals surface area (Å²) in [6, 6.07) is 0. The number of rotatable bonds is 6. The number of hydrogen-bond donors (Lipinski definition) is 0. The van der Waals surface area contributed by atoms with Crippen molar-refractivity contribution in [3.05, 3.63) is 0 Å². The molecule has 0 unspecified atom stereocenters. The Labute approximate surface area is 105 Å². The Morgan fingerprint density at radius 2 is 1.76 bits per heavy atom. The molecule has 4 heteroatoms. The zero-order chi connectivity index (χ0) is 13.1. The molecule has 100 valence electrons. The maximum absolute atomic E-state index is 12.3. The van der Waals surface area contributed by atoms with Crippen LogP contribution in [0.15, 0.2) is 0 Å². The number of carbonyl (C=O) groups excluding carboxylic acids is 1. The molecular weight excluding hydrogens is 236 g/mol. The lowest BCUT2D eigenvalue weighted by Crippen LogP contribution is -2.31. The minimum atomic E-state index is -3.02. The molecule has 1 aliphatic carbocycles. The van der Waals surface area contributed by atoms with E-state index < -0.39 is 9.84 Å². The summed E-state index contributed by atoms with van der Waals surface area (Å²) in [5, 5.41) is 0. The highest BCUT2D eigenvalue weighted by Gasteiger charge is 2.40. The third-order valence-electron chi connectivity index (χ3n) is 3.65. The summed E-state index contributed by atoms with van der Waals surface area (Å²) in [5.41, 5.74) is -0.209. The van der Waals surface area contributed by atoms with E-state index in [1.807, 2.05) is 0 Å². The van der Waals surface area contributed by atoms with Crippen LogP contribution in [-0.4, -0.2) is 26.2 Å². The van der Waals surface area contributed by atoms with Crippen molar-refractivity contribution in [2.24, 2.45) is 11.3 Å². The summed E-state index contributed by atoms with van der Waals surface area (Å²) in [5.74, 6) is 0.676. The third kappa shape index (κ3) is 4.41. The molecule has 17 heavy (non-hydrogen) atoms. The molecule has 0 heterocycles. The number of carbonyl (C=O) groups is 1. The molecule has 1 fully saturated rings. The molecule has 0 spiro atoms. The Hall–Kier alpha value is -0.380. The van der Waals surface area contributed by atoms with Gasteiger partial charge in [-0.25, -0.2) is 8.42 Å². The molecule has 0 aliphatic heterocycles. The van der Waals surface area contributed by atoms with Gasteiger partial charge in [0.05, 0.1) is 5.75 Å². The lowest BCUT2D eigenvalue weighted by molar-refractivity contribution is -0.129. The largest absolute Gasteiger partial charge is 0.299 e. The summed E-state index contributed by atoms with van der Waals surface area (Å²) in [4.78, 5) is 12.3. The van der Waals surface area contributed by atoms with Gasteiger partial charge in [0.15, 0.2) is 0 Å². The molecule has 0 aromatic rings. The molecule has 0 aromatic carbocycles. The van der Waals surface area contributed by atoms with E-state index in [0.717, 1.165) is 32.1 Å². The second kappa shape index (κ2) is 5.51. The Morgan fingerprint density at radius 3 is 2.18 bits per heavy atom. The van der Waals surface area contributed by atoms with Crippen LogP contribution in [0.2, 0.25) is 0 Å². The fourth-order valence-corrected chi connectivity index (χ4v) is 3.53. The van der Waals surface area contributed by atoms with Gasteiger partial charge in [0.1, 0.15) is 15.6 Å². The topological polar surface area (TPSA) is 51.2 Å². The Morgan fingerprint density at radius 1 is 1.24 bits per heavy atom. The highest BCUT2D eigenvalue weighted by molar-refractivity contribution is 7.90. The summed E-state index contributed by atoms with van der Waals surface area (Å²) in [6.07, 6.45) is 6.43. The highest BCUT2D eigenvalue weighted by atomic mass is 32.2. The van der Waals surface area contributed by atoms with Gasteiger partial charge < -0.3 is 0 Å². The molecule has 0 amide bonds. The van der Waals surface area contributed by atoms with Crippen LogP contribution >= 0.6 is 0 Å². The van der Waals surface area contributed by atoms with Crippen LogP contribution in [0.3, 0.4) is 0 Å². The third-order valence-corrected chi connectivity index (χ3v) is 4.60. The molecule has 0 radical (unpaired) electrons. The van der Waals surface area contributed by atoms with Crippen molar-refractivity contribution in [3.63, 3.8) is 0 Å². The van der Waals surface area contributed by atoms with Crippen molar-refractivity contribution in [1.29, 1.82) is 0 Å². The van der Waals surface area contributed by atoms with Gasteiger partial charge in [0.25, 0.3) is 0 Å². The fraction of sp³-hybridized carbons (Fsp3) is 0.923. The molecule has 3 nitrogen and oxygen atoms in total. The molecule has 0 aromatic heterocycles. The molecule has 0 saturated heterocycles. The van der Waals surface area contributed by atoms with Gasteiger partial charge in [-0.05, 0) is 25.2 Å². The van der Waals surface area contributed by atoms with E-state index in [1.54, 1.807) is 0 Å². The van der Waals surface area contributed by atoms with Crippen molar-refractivity contribution in [2.75, 3.05) is 12.0 Å². The number of Topliss-reactive ketones (excluding diaryl/α,β-unsaturated/α-hetero) is 1. The summed E-state index contributed by atoms with van der Waals surface area (Å²) < 4.78 is 22.2. The lowest BCUT2D eigenvalue weighted by atomic mass is 9.74. The minimum Gasteiger partial charge on any atom is -0.299 e. The Bertz CT molecular complexity index is 362. The van der Waals surface area contributed by atoms with E-state index in [0.29, 0.717) is 5.92 Å². The zero-order valence-electron chi connectivity index (χ0n) is 11.2. The van der Waals surface area contributed by atoms with Crippen LogP contribution in [0.4, 0.5) is 0 Å². The lowest BCUT2D eigenvalue weighted by Gasteiger charge is -2.29. The summed E-state index contributed by atoms with van der Waals surface area (Å²) in [6.45, 7) is 4.26. The summed E-state index contributed by atoms with van der Waals surface area (Å²) >= 11 is 0. The van der Waals surface area contributed by atoms with Crippen LogP contribution in [0.5, 0.6) is 0 Å². The SMILES string of the molecule is CC(C)CC1(C(=O)CCS(C)(=O)=O)CCCC1. The molecule has 0 N–H and O–H groups in total. The van der Waals surface area contributed by atoms with Crippen LogP contribution in [0.1, 0.15) is 52.4 Å². The number of ketones is 1. The molecule has 1 saturated carbocycles. The average molecular weight is 260 g/mol. The normalized spacial score (nSPS) is 19.8. The predicted octanol–water partition coefficient (Wildman–Crippen LogP) is 2.60. The second-order valence-corrected chi connectivity index (χ2v) is 8.15. The average Bonchev–Trinajstić information content (AvgIpc) is 2.61. The first-order valence-corrected chi connectivity index (χ1v) is 8.52. The first-order chi connectivity index (χ1) is 7.75. The van der Waals surface area contributed by atoms with Gasteiger partial charge in [-0.2, -0.15) is 0 Å². The fourth-order valence-electron chi connectivity index (χ4n) is 2.97. The van der Waals surface area contributed by atoms with Gasteiger partial charge >= 0.3 is 0 Å². The van der Waals surface area contributed by atoms with E-state index in [4.69, 9.17) is 0 Å². The number of hydrogen-bond acceptors (Lipinski definition) is 3. The van der Waals surface area contributed by atoms with E-state index in [1.165, 1.54) is 6.26 Å². The van der Waals surface area contributed by atoms with Crippen molar-refractivity contribution < 1.29 is 13.2 Å². The van der Waals surface area contributed by atoms with E-state index in [2.05, 4.69) is 13.8 Å². The van der Waals surface area contributed by atoms with Crippen LogP contribution in [0.25, 0.3) is 0 Å². The minimum absolute atomic E-state index is 0.00563. The van der Waals surface area contributed by atoms with Crippen LogP contribution in [-0.2, 0) is 14.6 Å². The maximum atomic E-state index is 12.3. The van der Waals surface area contributed by atoms with Crippen molar-refractivity contribution in [3.8, 4) is 0 Å². The standard InChI is InChI=1S/C13H24O3S/c1-11(2)10-13(7-4-5-8-13)12(14)6-9-17(3,15)16/h11H,4-10H2,1-3H3. The van der Waals surface area contributed by atoms with Crippen molar-refractivity contribution in [1.82, 2.24) is 0 Å². The molecule has 1 rings (SSSR count). The predicted molar refractivity (Wildman–Crippen MR) is 69.7 cm³/mol. The van der Waals surface area contributed by atoms with Crippen LogP contribution in [0, 0.1) is 11.3 Å². The summed E-state index contributed by atoms with van der Waals surface area (Å²) in [7, 11) is -3.02.